The third-order valence-corrected chi connectivity index (χ3v) is 12.2. The second kappa shape index (κ2) is 11.2. The van der Waals surface area contributed by atoms with Gasteiger partial charge < -0.3 is 9.84 Å². The largest absolute Gasteiger partial charge is 0.508 e. The summed E-state index contributed by atoms with van der Waals surface area (Å²) >= 11 is 14.3. The number of anilines is 1. The molecule has 254 valence electrons. The van der Waals surface area contributed by atoms with E-state index < -0.39 is 104 Å². The maximum atomic E-state index is 15.2. The van der Waals surface area contributed by atoms with Crippen molar-refractivity contribution in [2.75, 3.05) is 12.0 Å². The van der Waals surface area contributed by atoms with Gasteiger partial charge in [0, 0.05) is 17.5 Å². The number of nitrogens with zero attached hydrogens (tertiary/aromatic N) is 2. The maximum absolute atomic E-state index is 15.2. The van der Waals surface area contributed by atoms with Crippen LogP contribution in [0.3, 0.4) is 0 Å². The molecule has 1 N–H and O–H groups in total. The Hall–Kier alpha value is -3.71. The van der Waals surface area contributed by atoms with E-state index >= 15 is 8.78 Å². The van der Waals surface area contributed by atoms with Crippen LogP contribution in [0.4, 0.5) is 27.6 Å². The number of amides is 4. The van der Waals surface area contributed by atoms with E-state index in [2.05, 4.69) is 0 Å². The minimum absolute atomic E-state index is 0.0163. The predicted octanol–water partition coefficient (Wildman–Crippen LogP) is 5.99. The Morgan fingerprint density at radius 3 is 2.10 bits per heavy atom. The number of rotatable bonds is 4. The molecule has 7 rings (SSSR count). The van der Waals surface area contributed by atoms with E-state index in [9.17, 15) is 37.5 Å². The number of carbonyl (C=O) groups excluding carboxylic acids is 4. The molecule has 0 aromatic heterocycles. The van der Waals surface area contributed by atoms with Gasteiger partial charge in [0.15, 0.2) is 33.0 Å². The fraction of sp³-hybridized carbons (Fsp3) is 0.455. The SMILES string of the molecule is COc1cccc(O)c1C1C2=CCC3C(=O)N(C4CCCCC4)C(=O)C3C2CC2(Cl)C(=O)N(c3c(F)c(F)c(F)c(F)c3F)C(=O)C12Cl. The first-order valence-electron chi connectivity index (χ1n) is 15.4. The van der Waals surface area contributed by atoms with E-state index in [0.717, 1.165) is 19.3 Å². The van der Waals surface area contributed by atoms with E-state index in [0.29, 0.717) is 12.8 Å². The van der Waals surface area contributed by atoms with Crippen LogP contribution >= 0.6 is 23.2 Å². The molecule has 0 spiro atoms. The number of halogens is 7. The van der Waals surface area contributed by atoms with Crippen LogP contribution in [-0.4, -0.2) is 56.5 Å². The van der Waals surface area contributed by atoms with Gasteiger partial charge in [-0.2, -0.15) is 0 Å². The zero-order valence-electron chi connectivity index (χ0n) is 25.2. The number of hydrogen-bond donors (Lipinski definition) is 1. The molecule has 2 aromatic rings. The molecule has 2 aromatic carbocycles. The first-order chi connectivity index (χ1) is 22.7. The molecule has 3 aliphatic carbocycles. The van der Waals surface area contributed by atoms with Gasteiger partial charge in [0.1, 0.15) is 17.2 Å². The van der Waals surface area contributed by atoms with Gasteiger partial charge >= 0.3 is 0 Å². The molecule has 2 aliphatic heterocycles. The Morgan fingerprint density at radius 1 is 0.854 bits per heavy atom. The van der Waals surface area contributed by atoms with Crippen LogP contribution in [0, 0.1) is 46.8 Å². The fourth-order valence-electron chi connectivity index (χ4n) is 8.61. The number of allylic oxidation sites excluding steroid dienone is 2. The monoisotopic (exact) mass is 712 g/mol. The Balaban J connectivity index is 1.45. The zero-order valence-corrected chi connectivity index (χ0v) is 26.7. The molecule has 0 radical (unpaired) electrons. The molecule has 8 nitrogen and oxygen atoms in total. The van der Waals surface area contributed by atoms with Gasteiger partial charge in [-0.15, -0.1) is 23.2 Å². The summed E-state index contributed by atoms with van der Waals surface area (Å²) < 4.78 is 78.7. The van der Waals surface area contributed by atoms with E-state index in [1.54, 1.807) is 6.08 Å². The lowest BCUT2D eigenvalue weighted by atomic mass is 9.56. The summed E-state index contributed by atoms with van der Waals surface area (Å²) in [7, 11) is 1.24. The highest BCUT2D eigenvalue weighted by Gasteiger charge is 2.77. The fourth-order valence-corrected chi connectivity index (χ4v) is 9.53. The normalized spacial score (nSPS) is 32.0. The van der Waals surface area contributed by atoms with Gasteiger partial charge in [0.2, 0.25) is 17.6 Å². The number of alkyl halides is 2. The van der Waals surface area contributed by atoms with Gasteiger partial charge in [-0.3, -0.25) is 24.1 Å². The summed E-state index contributed by atoms with van der Waals surface area (Å²) in [6.07, 6.45) is 4.82. The van der Waals surface area contributed by atoms with Gasteiger partial charge in [-0.1, -0.05) is 37.0 Å². The molecular formula is C33H27Cl2F5N2O6. The van der Waals surface area contributed by atoms with Crippen molar-refractivity contribution in [1.82, 2.24) is 4.90 Å². The van der Waals surface area contributed by atoms with Crippen molar-refractivity contribution < 1.29 is 51.0 Å². The predicted molar refractivity (Wildman–Crippen MR) is 160 cm³/mol. The molecule has 2 saturated heterocycles. The molecule has 2 saturated carbocycles. The van der Waals surface area contributed by atoms with Crippen LogP contribution in [-0.2, 0) is 19.2 Å². The van der Waals surface area contributed by atoms with Gasteiger partial charge in [0.05, 0.1) is 18.9 Å². The van der Waals surface area contributed by atoms with Crippen molar-refractivity contribution in [3.63, 3.8) is 0 Å². The molecule has 5 aliphatic rings. The van der Waals surface area contributed by atoms with Crippen molar-refractivity contribution in [1.29, 1.82) is 0 Å². The Kier molecular flexibility index (Phi) is 7.63. The topological polar surface area (TPSA) is 104 Å². The van der Waals surface area contributed by atoms with Crippen molar-refractivity contribution in [2.45, 2.75) is 66.7 Å². The summed E-state index contributed by atoms with van der Waals surface area (Å²) in [5.41, 5.74) is -1.81. The summed E-state index contributed by atoms with van der Waals surface area (Å²) in [6.45, 7) is 0. The maximum Gasteiger partial charge on any atom is 0.258 e. The number of aromatic hydroxyl groups is 1. The van der Waals surface area contributed by atoms with Crippen LogP contribution < -0.4 is 9.64 Å². The van der Waals surface area contributed by atoms with Crippen molar-refractivity contribution in [3.05, 3.63) is 64.5 Å². The number of fused-ring (bicyclic) bond motifs is 4. The van der Waals surface area contributed by atoms with Crippen LogP contribution in [0.25, 0.3) is 0 Å². The summed E-state index contributed by atoms with van der Waals surface area (Å²) in [5, 5.41) is 11.2. The number of ether oxygens (including phenoxy) is 1. The molecule has 0 bridgehead atoms. The highest BCUT2D eigenvalue weighted by Crippen LogP contribution is 2.67. The molecule has 6 atom stereocenters. The first kappa shape index (κ1) is 32.8. The van der Waals surface area contributed by atoms with Gasteiger partial charge in [-0.25, -0.2) is 26.9 Å². The molecule has 48 heavy (non-hydrogen) atoms. The summed E-state index contributed by atoms with van der Waals surface area (Å²) in [5.74, 6) is -21.6. The second-order valence-corrected chi connectivity index (χ2v) is 14.2. The van der Waals surface area contributed by atoms with E-state index in [4.69, 9.17) is 27.9 Å². The van der Waals surface area contributed by atoms with Gasteiger partial charge in [0.25, 0.3) is 11.8 Å². The van der Waals surface area contributed by atoms with Crippen molar-refractivity contribution >= 4 is 52.5 Å². The Bertz CT molecular complexity index is 1820. The van der Waals surface area contributed by atoms with Crippen LogP contribution in [0.1, 0.15) is 56.4 Å². The first-order valence-corrected chi connectivity index (χ1v) is 16.2. The molecular weight excluding hydrogens is 686 g/mol. The number of carbonyl (C=O) groups is 4. The lowest BCUT2D eigenvalue weighted by Gasteiger charge is -2.50. The third-order valence-electron chi connectivity index (χ3n) is 10.7. The Labute approximate surface area is 280 Å². The minimum atomic E-state index is -2.76. The van der Waals surface area contributed by atoms with Crippen molar-refractivity contribution in [2.24, 2.45) is 17.8 Å². The van der Waals surface area contributed by atoms with Gasteiger partial charge in [-0.05, 0) is 43.7 Å². The Morgan fingerprint density at radius 2 is 1.48 bits per heavy atom. The average Bonchev–Trinajstić information content (AvgIpc) is 3.41. The number of phenolic OH excluding ortho intramolecular Hbond substituents is 1. The lowest BCUT2D eigenvalue weighted by molar-refractivity contribution is -0.143. The third kappa shape index (κ3) is 4.06. The number of imide groups is 2. The lowest BCUT2D eigenvalue weighted by Crippen LogP contribution is -2.60. The number of phenols is 1. The van der Waals surface area contributed by atoms with Crippen LogP contribution in [0.2, 0.25) is 0 Å². The number of likely N-dealkylation sites (tertiary alicyclic amines) is 1. The van der Waals surface area contributed by atoms with Crippen LogP contribution in [0.5, 0.6) is 11.5 Å². The standard InChI is InChI=1S/C33H27Cl2F5N2O6/c1-48-18-9-5-8-17(43)20(18)21-14-10-11-15-19(29(45)41(28(15)44)13-6-3-2-4-7-13)16(14)12-32(34)30(46)42(31(47)33(21,32)35)27-25(39)23(37)22(36)24(38)26(27)40/h5,8-10,13,15-16,19,21,43H,2-4,6-7,11-12H2,1H3. The summed E-state index contributed by atoms with van der Waals surface area (Å²) in [4.78, 5) is 52.2. The molecule has 15 heteroatoms. The molecule has 4 amide bonds. The molecule has 2 heterocycles. The number of benzene rings is 2. The number of hydrogen-bond acceptors (Lipinski definition) is 6. The van der Waals surface area contributed by atoms with Crippen LogP contribution in [0.15, 0.2) is 29.8 Å². The average molecular weight is 713 g/mol. The molecule has 6 unspecified atom stereocenters. The highest BCUT2D eigenvalue weighted by atomic mass is 35.5. The zero-order chi connectivity index (χ0) is 34.6. The van der Waals surface area contributed by atoms with E-state index in [1.807, 2.05) is 0 Å². The second-order valence-electron chi connectivity index (χ2n) is 12.9. The van der Waals surface area contributed by atoms with E-state index in [1.165, 1.54) is 30.2 Å². The summed E-state index contributed by atoms with van der Waals surface area (Å²) in [6, 6.07) is 3.70. The van der Waals surface area contributed by atoms with E-state index in [-0.39, 0.29) is 34.2 Å². The minimum Gasteiger partial charge on any atom is -0.508 e. The molecule has 4 fully saturated rings. The highest BCUT2D eigenvalue weighted by molar-refractivity contribution is 6.58. The quantitative estimate of drug-likeness (QED) is 0.104. The number of methoxy groups -OCH3 is 1. The smallest absolute Gasteiger partial charge is 0.258 e. The van der Waals surface area contributed by atoms with Crippen molar-refractivity contribution in [3.8, 4) is 11.5 Å².